The molecule has 1 atom stereocenters. The summed E-state index contributed by atoms with van der Waals surface area (Å²) in [5, 5.41) is 9.66. The summed E-state index contributed by atoms with van der Waals surface area (Å²) in [5.41, 5.74) is 2.64. The molecule has 0 heterocycles. The van der Waals surface area contributed by atoms with Crippen LogP contribution in [0.5, 0.6) is 11.5 Å². The lowest BCUT2D eigenvalue weighted by molar-refractivity contribution is -0.0173. The van der Waals surface area contributed by atoms with Gasteiger partial charge in [-0.05, 0) is 12.1 Å². The van der Waals surface area contributed by atoms with Gasteiger partial charge in [-0.15, -0.1) is 0 Å². The molecule has 1 aromatic carbocycles. The second kappa shape index (κ2) is 9.57. The van der Waals surface area contributed by atoms with Crippen molar-refractivity contribution in [1.29, 1.82) is 0 Å². The fourth-order valence-corrected chi connectivity index (χ4v) is 1.29. The highest BCUT2D eigenvalue weighted by Gasteiger charge is 2.05. The van der Waals surface area contributed by atoms with Crippen molar-refractivity contribution in [1.82, 2.24) is 5.48 Å². The third-order valence-electron chi connectivity index (χ3n) is 2.29. The van der Waals surface area contributed by atoms with Gasteiger partial charge in [0.15, 0.2) is 0 Å². The van der Waals surface area contributed by atoms with E-state index in [1.807, 2.05) is 12.1 Å². The smallest absolute Gasteiger partial charge is 0.123 e. The maximum absolute atomic E-state index is 9.66. The third-order valence-corrected chi connectivity index (χ3v) is 2.29. The van der Waals surface area contributed by atoms with Crippen molar-refractivity contribution in [2.75, 3.05) is 40.6 Å². The van der Waals surface area contributed by atoms with Crippen molar-refractivity contribution in [2.45, 2.75) is 6.10 Å². The highest BCUT2D eigenvalue weighted by atomic mass is 16.7. The molecule has 0 aliphatic heterocycles. The summed E-state index contributed by atoms with van der Waals surface area (Å²) in [5.74, 6) is 1.37. The van der Waals surface area contributed by atoms with Crippen LogP contribution in [0.1, 0.15) is 0 Å². The maximum Gasteiger partial charge on any atom is 0.123 e. The Hall–Kier alpha value is -1.34. The molecule has 0 bridgehead atoms. The molecule has 6 nitrogen and oxygen atoms in total. The molecule has 0 saturated carbocycles. The van der Waals surface area contributed by atoms with Crippen molar-refractivity contribution in [3.63, 3.8) is 0 Å². The molecular weight excluding hydrogens is 250 g/mol. The number of nitrogens with one attached hydrogen (secondary N) is 1. The molecule has 0 saturated heterocycles. The van der Waals surface area contributed by atoms with E-state index >= 15 is 0 Å². The highest BCUT2D eigenvalue weighted by molar-refractivity contribution is 5.32. The van der Waals surface area contributed by atoms with Crippen LogP contribution >= 0.6 is 0 Å². The Labute approximate surface area is 113 Å². The first-order chi connectivity index (χ1) is 9.26. The van der Waals surface area contributed by atoms with E-state index in [1.165, 1.54) is 0 Å². The molecule has 1 unspecified atom stereocenters. The van der Waals surface area contributed by atoms with E-state index in [0.717, 1.165) is 0 Å². The van der Waals surface area contributed by atoms with Gasteiger partial charge in [-0.3, -0.25) is 4.84 Å². The minimum absolute atomic E-state index is 0.174. The third kappa shape index (κ3) is 6.97. The molecule has 0 fully saturated rings. The molecule has 0 aliphatic rings. The zero-order valence-electron chi connectivity index (χ0n) is 11.3. The number of aliphatic hydroxyl groups excluding tert-OH is 1. The van der Waals surface area contributed by atoms with Gasteiger partial charge < -0.3 is 19.3 Å². The first-order valence-corrected chi connectivity index (χ1v) is 6.04. The Morgan fingerprint density at radius 1 is 1.21 bits per heavy atom. The van der Waals surface area contributed by atoms with Gasteiger partial charge in [0.05, 0.1) is 26.9 Å². The summed E-state index contributed by atoms with van der Waals surface area (Å²) in [6.07, 6.45) is -0.659. The molecule has 19 heavy (non-hydrogen) atoms. The summed E-state index contributed by atoms with van der Waals surface area (Å²) in [4.78, 5) is 5.02. The summed E-state index contributed by atoms with van der Waals surface area (Å²) < 4.78 is 15.3. The average Bonchev–Trinajstić information content (AvgIpc) is 2.45. The minimum Gasteiger partial charge on any atom is -0.497 e. The zero-order valence-corrected chi connectivity index (χ0v) is 11.3. The number of aliphatic hydroxyl groups is 1. The summed E-state index contributed by atoms with van der Waals surface area (Å²) in [7, 11) is 3.19. The van der Waals surface area contributed by atoms with Gasteiger partial charge in [0, 0.05) is 13.2 Å². The SMILES string of the molecule is COCCONCC(O)COc1cccc(OC)c1. The van der Waals surface area contributed by atoms with Gasteiger partial charge in [0.1, 0.15) is 24.2 Å². The predicted molar refractivity (Wildman–Crippen MR) is 70.3 cm³/mol. The van der Waals surface area contributed by atoms with Gasteiger partial charge in [-0.1, -0.05) is 6.07 Å². The van der Waals surface area contributed by atoms with Crippen molar-refractivity contribution in [3.05, 3.63) is 24.3 Å². The lowest BCUT2D eigenvalue weighted by Crippen LogP contribution is -2.32. The molecule has 0 amide bonds. The number of benzene rings is 1. The summed E-state index contributed by atoms with van der Waals surface area (Å²) >= 11 is 0. The van der Waals surface area contributed by atoms with E-state index < -0.39 is 6.10 Å². The number of hydrogen-bond acceptors (Lipinski definition) is 6. The van der Waals surface area contributed by atoms with Crippen LogP contribution in [-0.2, 0) is 9.57 Å². The number of hydroxylamine groups is 1. The van der Waals surface area contributed by atoms with Crippen molar-refractivity contribution >= 4 is 0 Å². The predicted octanol–water partition coefficient (Wildman–Crippen LogP) is 0.602. The Morgan fingerprint density at radius 3 is 2.74 bits per heavy atom. The molecule has 108 valence electrons. The molecule has 1 aromatic rings. The van der Waals surface area contributed by atoms with Crippen LogP contribution < -0.4 is 15.0 Å². The normalized spacial score (nSPS) is 12.2. The summed E-state index contributed by atoms with van der Waals surface area (Å²) in [6, 6.07) is 7.22. The van der Waals surface area contributed by atoms with Crippen LogP contribution in [0.15, 0.2) is 24.3 Å². The first-order valence-electron chi connectivity index (χ1n) is 6.04. The fraction of sp³-hybridized carbons (Fsp3) is 0.538. The Balaban J connectivity index is 2.16. The largest absolute Gasteiger partial charge is 0.497 e. The molecule has 6 heteroatoms. The van der Waals surface area contributed by atoms with Crippen LogP contribution in [0.3, 0.4) is 0 Å². The maximum atomic E-state index is 9.66. The van der Waals surface area contributed by atoms with Gasteiger partial charge in [-0.25, -0.2) is 0 Å². The number of rotatable bonds is 10. The Morgan fingerprint density at radius 2 is 2.00 bits per heavy atom. The monoisotopic (exact) mass is 271 g/mol. The minimum atomic E-state index is -0.659. The van der Waals surface area contributed by atoms with Crippen molar-refractivity contribution in [2.24, 2.45) is 0 Å². The molecule has 0 spiro atoms. The number of methoxy groups -OCH3 is 2. The van der Waals surface area contributed by atoms with Crippen LogP contribution in [0.2, 0.25) is 0 Å². The second-order valence-corrected chi connectivity index (χ2v) is 3.83. The summed E-state index contributed by atoms with van der Waals surface area (Å²) in [6.45, 7) is 1.39. The van der Waals surface area contributed by atoms with E-state index in [2.05, 4.69) is 5.48 Å². The van der Waals surface area contributed by atoms with Gasteiger partial charge in [0.2, 0.25) is 0 Å². The van der Waals surface area contributed by atoms with E-state index in [0.29, 0.717) is 24.7 Å². The molecule has 0 aromatic heterocycles. The van der Waals surface area contributed by atoms with Gasteiger partial charge in [0.25, 0.3) is 0 Å². The average molecular weight is 271 g/mol. The molecule has 2 N–H and O–H groups in total. The van der Waals surface area contributed by atoms with E-state index in [9.17, 15) is 5.11 Å². The van der Waals surface area contributed by atoms with Crippen LogP contribution in [0.25, 0.3) is 0 Å². The van der Waals surface area contributed by atoms with E-state index in [-0.39, 0.29) is 13.2 Å². The number of ether oxygens (including phenoxy) is 3. The quantitative estimate of drug-likeness (QED) is 0.480. The lowest BCUT2D eigenvalue weighted by Gasteiger charge is -2.13. The van der Waals surface area contributed by atoms with Crippen LogP contribution in [-0.4, -0.2) is 51.8 Å². The van der Waals surface area contributed by atoms with Gasteiger partial charge in [-0.2, -0.15) is 5.48 Å². The zero-order chi connectivity index (χ0) is 13.9. The second-order valence-electron chi connectivity index (χ2n) is 3.83. The lowest BCUT2D eigenvalue weighted by atomic mass is 10.3. The Bertz CT molecular complexity index is 348. The standard InChI is InChI=1S/C13H21NO5/c1-16-6-7-19-14-9-11(15)10-18-13-5-3-4-12(8-13)17-2/h3-5,8,11,14-15H,6-7,9-10H2,1-2H3. The van der Waals surface area contributed by atoms with Gasteiger partial charge >= 0.3 is 0 Å². The highest BCUT2D eigenvalue weighted by Crippen LogP contribution is 2.18. The van der Waals surface area contributed by atoms with E-state index in [1.54, 1.807) is 26.4 Å². The molecule has 1 rings (SSSR count). The molecular formula is C13H21NO5. The first kappa shape index (κ1) is 15.7. The molecule has 0 radical (unpaired) electrons. The number of hydrogen-bond donors (Lipinski definition) is 2. The van der Waals surface area contributed by atoms with Crippen LogP contribution in [0, 0.1) is 0 Å². The Kier molecular flexibility index (Phi) is 7.92. The van der Waals surface area contributed by atoms with E-state index in [4.69, 9.17) is 19.0 Å². The fourth-order valence-electron chi connectivity index (χ4n) is 1.29. The van der Waals surface area contributed by atoms with Crippen molar-refractivity contribution in [3.8, 4) is 11.5 Å². The van der Waals surface area contributed by atoms with Crippen molar-refractivity contribution < 1.29 is 24.2 Å². The molecule has 0 aliphatic carbocycles. The van der Waals surface area contributed by atoms with Crippen LogP contribution in [0.4, 0.5) is 0 Å². The topological polar surface area (TPSA) is 69.2 Å².